The Morgan fingerprint density at radius 1 is 1.06 bits per heavy atom. The van der Waals surface area contributed by atoms with Crippen molar-refractivity contribution in [2.75, 3.05) is 10.0 Å². The summed E-state index contributed by atoms with van der Waals surface area (Å²) in [5.74, 6) is 0.734. The van der Waals surface area contributed by atoms with E-state index in [0.29, 0.717) is 33.8 Å². The fourth-order valence-corrected chi connectivity index (χ4v) is 4.67. The number of fused-ring (bicyclic) bond motifs is 1. The van der Waals surface area contributed by atoms with E-state index < -0.39 is 14.9 Å². The third-order valence-corrected chi connectivity index (χ3v) is 7.05. The zero-order valence-corrected chi connectivity index (χ0v) is 19.3. The van der Waals surface area contributed by atoms with Crippen LogP contribution < -0.4 is 10.0 Å². The topological polar surface area (TPSA) is 144 Å². The van der Waals surface area contributed by atoms with Crippen LogP contribution in [0.3, 0.4) is 0 Å². The van der Waals surface area contributed by atoms with Gasteiger partial charge in [0, 0.05) is 34.5 Å². The number of sulfonamides is 1. The highest BCUT2D eigenvalue weighted by Crippen LogP contribution is 2.40. The molecule has 1 amide bonds. The first-order valence-electron chi connectivity index (χ1n) is 10.8. The molecule has 0 unspecified atom stereocenters. The summed E-state index contributed by atoms with van der Waals surface area (Å²) < 4.78 is 33.5. The summed E-state index contributed by atoms with van der Waals surface area (Å²) in [5, 5.41) is 13.9. The van der Waals surface area contributed by atoms with Crippen molar-refractivity contribution in [3.05, 3.63) is 87.8 Å². The molecule has 0 aliphatic heterocycles. The fraction of sp³-hybridized carbons (Fsp3) is 0.167. The molecule has 0 bridgehead atoms. The van der Waals surface area contributed by atoms with E-state index in [9.17, 15) is 23.3 Å². The number of hydrogen-bond donors (Lipinski definition) is 2. The number of oxazole rings is 1. The van der Waals surface area contributed by atoms with Crippen molar-refractivity contribution in [1.82, 2.24) is 4.98 Å². The molecular formula is C24H20N4O6S. The normalized spacial score (nSPS) is 13.5. The Morgan fingerprint density at radius 3 is 2.46 bits per heavy atom. The zero-order valence-electron chi connectivity index (χ0n) is 18.5. The van der Waals surface area contributed by atoms with Gasteiger partial charge in [0.25, 0.3) is 21.6 Å². The van der Waals surface area contributed by atoms with Gasteiger partial charge in [-0.15, -0.1) is 0 Å². The van der Waals surface area contributed by atoms with Crippen molar-refractivity contribution in [1.29, 1.82) is 0 Å². The van der Waals surface area contributed by atoms with E-state index in [1.807, 2.05) is 0 Å². The highest BCUT2D eigenvalue weighted by Gasteiger charge is 2.29. The summed E-state index contributed by atoms with van der Waals surface area (Å²) in [6.07, 6.45) is 2.15. The molecule has 178 valence electrons. The Balaban J connectivity index is 1.28. The quantitative estimate of drug-likeness (QED) is 0.273. The second kappa shape index (κ2) is 8.51. The molecular weight excluding hydrogens is 472 g/mol. The van der Waals surface area contributed by atoms with Crippen LogP contribution in [0.2, 0.25) is 0 Å². The number of benzene rings is 3. The average molecular weight is 493 g/mol. The van der Waals surface area contributed by atoms with Crippen LogP contribution in [0.25, 0.3) is 11.1 Å². The van der Waals surface area contributed by atoms with Crippen LogP contribution in [0.5, 0.6) is 0 Å². The summed E-state index contributed by atoms with van der Waals surface area (Å²) in [6, 6.07) is 14.8. The summed E-state index contributed by atoms with van der Waals surface area (Å²) in [4.78, 5) is 27.4. The number of nitro groups is 1. The lowest BCUT2D eigenvalue weighted by Gasteiger charge is -2.10. The number of nitrogens with zero attached hydrogens (tertiary/aromatic N) is 2. The molecule has 0 radical (unpaired) electrons. The molecule has 11 heteroatoms. The number of anilines is 2. The Labute approximate surface area is 200 Å². The van der Waals surface area contributed by atoms with Gasteiger partial charge in [-0.1, -0.05) is 6.07 Å². The van der Waals surface area contributed by atoms with Crippen molar-refractivity contribution >= 4 is 44.1 Å². The number of nitro benzene ring substituents is 1. The van der Waals surface area contributed by atoms with Crippen molar-refractivity contribution in [2.45, 2.75) is 30.6 Å². The summed E-state index contributed by atoms with van der Waals surface area (Å²) in [5.41, 5.74) is 2.50. The molecule has 5 rings (SSSR count). The molecule has 0 spiro atoms. The first kappa shape index (κ1) is 22.5. The van der Waals surface area contributed by atoms with Gasteiger partial charge in [0.2, 0.25) is 0 Å². The van der Waals surface area contributed by atoms with Gasteiger partial charge < -0.3 is 9.73 Å². The number of carbonyl (C=O) groups excluding carboxylic acids is 1. The minimum Gasteiger partial charge on any atom is -0.440 e. The van der Waals surface area contributed by atoms with Crippen LogP contribution in [0.15, 0.2) is 70.0 Å². The monoisotopic (exact) mass is 492 g/mol. The predicted molar refractivity (Wildman–Crippen MR) is 129 cm³/mol. The van der Waals surface area contributed by atoms with E-state index in [0.717, 1.165) is 24.8 Å². The van der Waals surface area contributed by atoms with Crippen molar-refractivity contribution in [3.8, 4) is 0 Å². The van der Waals surface area contributed by atoms with E-state index >= 15 is 0 Å². The minimum atomic E-state index is -4.06. The van der Waals surface area contributed by atoms with Crippen LogP contribution in [0.1, 0.15) is 40.6 Å². The van der Waals surface area contributed by atoms with E-state index in [-0.39, 0.29) is 22.2 Å². The Kier molecular flexibility index (Phi) is 5.48. The third-order valence-electron chi connectivity index (χ3n) is 5.68. The number of aromatic nitrogens is 1. The molecule has 35 heavy (non-hydrogen) atoms. The van der Waals surface area contributed by atoms with Crippen LogP contribution in [-0.4, -0.2) is 24.2 Å². The first-order chi connectivity index (χ1) is 16.7. The number of rotatable bonds is 7. The van der Waals surface area contributed by atoms with Crippen LogP contribution in [0.4, 0.5) is 17.1 Å². The van der Waals surface area contributed by atoms with Gasteiger partial charge in [0.1, 0.15) is 5.52 Å². The maximum atomic E-state index is 12.7. The number of aryl methyl sites for hydroxylation is 1. The van der Waals surface area contributed by atoms with E-state index in [2.05, 4.69) is 15.0 Å². The van der Waals surface area contributed by atoms with Crippen LogP contribution in [-0.2, 0) is 10.0 Å². The third kappa shape index (κ3) is 4.71. The average Bonchev–Trinajstić information content (AvgIpc) is 3.58. The van der Waals surface area contributed by atoms with Gasteiger partial charge in [-0.05, 0) is 68.3 Å². The maximum absolute atomic E-state index is 12.7. The Bertz CT molecular complexity index is 1570. The van der Waals surface area contributed by atoms with Gasteiger partial charge in [0.05, 0.1) is 9.82 Å². The summed E-state index contributed by atoms with van der Waals surface area (Å²) >= 11 is 0. The Morgan fingerprint density at radius 2 is 1.77 bits per heavy atom. The van der Waals surface area contributed by atoms with Crippen molar-refractivity contribution in [3.63, 3.8) is 0 Å². The lowest BCUT2D eigenvalue weighted by molar-refractivity contribution is -0.385. The predicted octanol–water partition coefficient (Wildman–Crippen LogP) is 4.97. The van der Waals surface area contributed by atoms with Gasteiger partial charge in [-0.3, -0.25) is 19.6 Å². The smallest absolute Gasteiger partial charge is 0.273 e. The highest BCUT2D eigenvalue weighted by molar-refractivity contribution is 7.92. The molecule has 1 aliphatic rings. The van der Waals surface area contributed by atoms with Crippen LogP contribution >= 0.6 is 0 Å². The number of hydrogen-bond acceptors (Lipinski definition) is 7. The van der Waals surface area contributed by atoms with E-state index in [1.54, 1.807) is 18.2 Å². The molecule has 2 N–H and O–H groups in total. The van der Waals surface area contributed by atoms with Gasteiger partial charge in [-0.25, -0.2) is 13.4 Å². The molecule has 0 saturated heterocycles. The largest absolute Gasteiger partial charge is 0.440 e. The van der Waals surface area contributed by atoms with E-state index in [4.69, 9.17) is 4.42 Å². The minimum absolute atomic E-state index is 0.210. The fourth-order valence-electron chi connectivity index (χ4n) is 3.59. The molecule has 1 fully saturated rings. The molecule has 1 heterocycles. The van der Waals surface area contributed by atoms with Gasteiger partial charge in [0.15, 0.2) is 11.5 Å². The summed E-state index contributed by atoms with van der Waals surface area (Å²) in [6.45, 7) is 1.53. The molecule has 0 atom stereocenters. The van der Waals surface area contributed by atoms with Crippen molar-refractivity contribution < 1.29 is 22.6 Å². The second-order valence-electron chi connectivity index (χ2n) is 8.35. The number of nitrogens with one attached hydrogen (secondary N) is 2. The molecule has 1 aliphatic carbocycles. The zero-order chi connectivity index (χ0) is 24.7. The standard InChI is InChI=1S/C24H20N4O6S/c1-14-2-10-19(13-21(14)28(30)31)35(32,33)27-17-7-5-15(6-8-17)23(29)25-18-9-11-22-20(12-18)26-24(34-22)16-3-4-16/h2,5-13,16,27H,3-4H2,1H3,(H,25,29). The molecule has 3 aromatic carbocycles. The molecule has 1 saturated carbocycles. The summed E-state index contributed by atoms with van der Waals surface area (Å²) in [7, 11) is -4.06. The number of carbonyl (C=O) groups is 1. The van der Waals surface area contributed by atoms with Crippen LogP contribution in [0, 0.1) is 17.0 Å². The molecule has 4 aromatic rings. The van der Waals surface area contributed by atoms with Crippen molar-refractivity contribution in [2.24, 2.45) is 0 Å². The lowest BCUT2D eigenvalue weighted by atomic mass is 10.2. The maximum Gasteiger partial charge on any atom is 0.273 e. The second-order valence-corrected chi connectivity index (χ2v) is 10.0. The SMILES string of the molecule is Cc1ccc(S(=O)(=O)Nc2ccc(C(=O)Nc3ccc4oc(C5CC5)nc4c3)cc2)cc1[N+](=O)[O-]. The van der Waals surface area contributed by atoms with Gasteiger partial charge in [-0.2, -0.15) is 0 Å². The van der Waals surface area contributed by atoms with Gasteiger partial charge >= 0.3 is 0 Å². The highest BCUT2D eigenvalue weighted by atomic mass is 32.2. The van der Waals surface area contributed by atoms with E-state index in [1.165, 1.54) is 43.3 Å². The molecule has 1 aromatic heterocycles. The lowest BCUT2D eigenvalue weighted by Crippen LogP contribution is -2.14. The number of amides is 1. The Hall–Kier alpha value is -4.25. The first-order valence-corrected chi connectivity index (χ1v) is 12.3. The molecule has 10 nitrogen and oxygen atoms in total.